The van der Waals surface area contributed by atoms with Crippen molar-refractivity contribution >= 4 is 0 Å². The molecule has 1 rings (SSSR count). The second-order valence-electron chi connectivity index (χ2n) is 5.01. The van der Waals surface area contributed by atoms with Gasteiger partial charge in [0.15, 0.2) is 0 Å². The van der Waals surface area contributed by atoms with E-state index in [4.69, 9.17) is 10.5 Å². The lowest BCUT2D eigenvalue weighted by molar-refractivity contribution is -0.137. The molecule has 0 aliphatic carbocycles. The van der Waals surface area contributed by atoms with E-state index < -0.39 is 17.8 Å². The second-order valence-corrected chi connectivity index (χ2v) is 5.01. The van der Waals surface area contributed by atoms with Gasteiger partial charge in [-0.05, 0) is 30.5 Å². The van der Waals surface area contributed by atoms with E-state index in [9.17, 15) is 13.2 Å². The van der Waals surface area contributed by atoms with Gasteiger partial charge in [0, 0.05) is 0 Å². The highest BCUT2D eigenvalue weighted by Crippen LogP contribution is 2.30. The molecule has 0 radical (unpaired) electrons. The molecule has 2 nitrogen and oxygen atoms in total. The van der Waals surface area contributed by atoms with Crippen LogP contribution in [0.15, 0.2) is 24.3 Å². The van der Waals surface area contributed by atoms with Crippen molar-refractivity contribution in [1.29, 1.82) is 0 Å². The summed E-state index contributed by atoms with van der Waals surface area (Å²) in [5.74, 6) is 0.341. The molecule has 0 saturated heterocycles. The van der Waals surface area contributed by atoms with Gasteiger partial charge in [-0.25, -0.2) is 0 Å². The highest BCUT2D eigenvalue weighted by atomic mass is 19.4. The van der Waals surface area contributed by atoms with Crippen LogP contribution in [-0.4, -0.2) is 12.7 Å². The van der Waals surface area contributed by atoms with Crippen LogP contribution in [0.2, 0.25) is 0 Å². The van der Waals surface area contributed by atoms with Gasteiger partial charge in [-0.2, -0.15) is 13.2 Å². The van der Waals surface area contributed by atoms with Crippen LogP contribution >= 0.6 is 0 Å². The molecule has 2 N–H and O–H groups in total. The zero-order valence-corrected chi connectivity index (χ0v) is 11.4. The van der Waals surface area contributed by atoms with Crippen LogP contribution in [-0.2, 0) is 10.9 Å². The second kappa shape index (κ2) is 6.39. The third-order valence-corrected chi connectivity index (χ3v) is 3.12. The monoisotopic (exact) mass is 275 g/mol. The fraction of sp³-hybridized carbons (Fsp3) is 0.571. The van der Waals surface area contributed by atoms with Crippen molar-refractivity contribution in [3.8, 4) is 0 Å². The summed E-state index contributed by atoms with van der Waals surface area (Å²) in [5, 5.41) is 0. The summed E-state index contributed by atoms with van der Waals surface area (Å²) in [6, 6.07) is 4.51. The van der Waals surface area contributed by atoms with Crippen LogP contribution in [0, 0.1) is 5.92 Å². The molecule has 1 aromatic carbocycles. The van der Waals surface area contributed by atoms with Gasteiger partial charge in [0.05, 0.1) is 24.3 Å². The van der Waals surface area contributed by atoms with Crippen molar-refractivity contribution in [2.24, 2.45) is 11.7 Å². The smallest absolute Gasteiger partial charge is 0.376 e. The Hall–Kier alpha value is -1.07. The van der Waals surface area contributed by atoms with E-state index in [0.29, 0.717) is 11.5 Å². The van der Waals surface area contributed by atoms with E-state index in [1.807, 2.05) is 20.8 Å². The summed E-state index contributed by atoms with van der Waals surface area (Å²) in [7, 11) is 0. The van der Waals surface area contributed by atoms with Gasteiger partial charge < -0.3 is 10.5 Å². The van der Waals surface area contributed by atoms with Crippen molar-refractivity contribution in [3.05, 3.63) is 35.4 Å². The summed E-state index contributed by atoms with van der Waals surface area (Å²) in [6.45, 7) is 6.16. The summed E-state index contributed by atoms with van der Waals surface area (Å²) >= 11 is 0. The largest absolute Gasteiger partial charge is 0.416 e. The number of benzene rings is 1. The molecule has 0 saturated carbocycles. The van der Waals surface area contributed by atoms with Gasteiger partial charge in [0.2, 0.25) is 0 Å². The van der Waals surface area contributed by atoms with E-state index in [1.54, 1.807) is 6.07 Å². The van der Waals surface area contributed by atoms with Crippen LogP contribution in [0.25, 0.3) is 0 Å². The zero-order chi connectivity index (χ0) is 14.6. The molecule has 2 atom stereocenters. The Morgan fingerprint density at radius 3 is 2.37 bits per heavy atom. The Balaban J connectivity index is 2.70. The number of rotatable bonds is 5. The Kier molecular flexibility index (Phi) is 5.38. The lowest BCUT2D eigenvalue weighted by Crippen LogP contribution is -2.24. The molecule has 0 heterocycles. The third kappa shape index (κ3) is 4.84. The average molecular weight is 275 g/mol. The zero-order valence-electron chi connectivity index (χ0n) is 11.4. The first kappa shape index (κ1) is 16.0. The minimum Gasteiger partial charge on any atom is -0.376 e. The third-order valence-electron chi connectivity index (χ3n) is 3.12. The van der Waals surface area contributed by atoms with Gasteiger partial charge in [-0.3, -0.25) is 0 Å². The topological polar surface area (TPSA) is 35.2 Å². The first-order valence-electron chi connectivity index (χ1n) is 6.26. The number of alkyl halides is 3. The van der Waals surface area contributed by atoms with Crippen LogP contribution < -0.4 is 5.73 Å². The van der Waals surface area contributed by atoms with Crippen molar-refractivity contribution < 1.29 is 17.9 Å². The van der Waals surface area contributed by atoms with E-state index in [2.05, 4.69) is 0 Å². The number of ether oxygens (including phenoxy) is 1. The number of halogens is 3. The minimum absolute atomic E-state index is 0.0249. The van der Waals surface area contributed by atoms with Crippen LogP contribution in [0.4, 0.5) is 13.2 Å². The number of hydrogen-bond acceptors (Lipinski definition) is 2. The predicted molar refractivity (Wildman–Crippen MR) is 68.6 cm³/mol. The lowest BCUT2D eigenvalue weighted by Gasteiger charge is -2.20. The average Bonchev–Trinajstić information content (AvgIpc) is 2.34. The van der Waals surface area contributed by atoms with Crippen molar-refractivity contribution in [3.63, 3.8) is 0 Å². The molecule has 2 unspecified atom stereocenters. The summed E-state index contributed by atoms with van der Waals surface area (Å²) in [5.41, 5.74) is 5.62. The van der Waals surface area contributed by atoms with Gasteiger partial charge in [0.1, 0.15) is 0 Å². The molecule has 5 heteroatoms. The Labute approximate surface area is 111 Å². The van der Waals surface area contributed by atoms with Gasteiger partial charge in [-0.1, -0.05) is 26.0 Å². The maximum absolute atomic E-state index is 12.6. The van der Waals surface area contributed by atoms with Crippen LogP contribution in [0.3, 0.4) is 0 Å². The fourth-order valence-electron chi connectivity index (χ4n) is 1.49. The van der Waals surface area contributed by atoms with E-state index in [0.717, 1.165) is 12.1 Å². The van der Waals surface area contributed by atoms with Gasteiger partial charge >= 0.3 is 6.18 Å². The molecular formula is C14H20F3NO. The minimum atomic E-state index is -4.35. The molecular weight excluding hydrogens is 255 g/mol. The standard InChI is InChI=1S/C14H20F3NO/c1-9(2)10(3)19-8-13(18)11-5-4-6-12(7-11)14(15,16)17/h4-7,9-10,13H,8,18H2,1-3H3. The van der Waals surface area contributed by atoms with E-state index >= 15 is 0 Å². The quantitative estimate of drug-likeness (QED) is 0.887. The summed E-state index contributed by atoms with van der Waals surface area (Å²) in [6.07, 6.45) is -4.32. The first-order valence-corrected chi connectivity index (χ1v) is 6.26. The summed E-state index contributed by atoms with van der Waals surface area (Å²) in [4.78, 5) is 0. The molecule has 0 amide bonds. The SMILES string of the molecule is CC(C)C(C)OCC(N)c1cccc(C(F)(F)F)c1. The highest BCUT2D eigenvalue weighted by molar-refractivity contribution is 5.27. The Morgan fingerprint density at radius 2 is 1.84 bits per heavy atom. The molecule has 0 aromatic heterocycles. The Bertz CT molecular complexity index is 404. The van der Waals surface area contributed by atoms with Gasteiger partial charge in [-0.15, -0.1) is 0 Å². The lowest BCUT2D eigenvalue weighted by atomic mass is 10.0. The van der Waals surface area contributed by atoms with Crippen molar-refractivity contribution in [2.75, 3.05) is 6.61 Å². The van der Waals surface area contributed by atoms with Crippen molar-refractivity contribution in [2.45, 2.75) is 39.1 Å². The fourth-order valence-corrected chi connectivity index (χ4v) is 1.49. The molecule has 108 valence electrons. The van der Waals surface area contributed by atoms with Crippen molar-refractivity contribution in [1.82, 2.24) is 0 Å². The molecule has 19 heavy (non-hydrogen) atoms. The molecule has 0 aliphatic rings. The maximum atomic E-state index is 12.6. The predicted octanol–water partition coefficient (Wildman–Crippen LogP) is 3.77. The number of nitrogens with two attached hydrogens (primary N) is 1. The number of hydrogen-bond donors (Lipinski definition) is 1. The maximum Gasteiger partial charge on any atom is 0.416 e. The van der Waals surface area contributed by atoms with Crippen LogP contribution in [0.5, 0.6) is 0 Å². The molecule has 0 spiro atoms. The molecule has 0 aliphatic heterocycles. The molecule has 0 bridgehead atoms. The molecule has 1 aromatic rings. The first-order chi connectivity index (χ1) is 8.71. The normalized spacial score (nSPS) is 15.6. The Morgan fingerprint density at radius 1 is 1.21 bits per heavy atom. The summed E-state index contributed by atoms with van der Waals surface area (Å²) < 4.78 is 43.3. The van der Waals surface area contributed by atoms with Crippen LogP contribution in [0.1, 0.15) is 37.9 Å². The van der Waals surface area contributed by atoms with Gasteiger partial charge in [0.25, 0.3) is 0 Å². The highest BCUT2D eigenvalue weighted by Gasteiger charge is 2.30. The molecule has 0 fully saturated rings. The van der Waals surface area contributed by atoms with E-state index in [-0.39, 0.29) is 12.7 Å². The van der Waals surface area contributed by atoms with E-state index in [1.165, 1.54) is 6.07 Å².